The summed E-state index contributed by atoms with van der Waals surface area (Å²) >= 11 is 0. The minimum atomic E-state index is -0.421. The summed E-state index contributed by atoms with van der Waals surface area (Å²) in [5.74, 6) is -1.06. The number of halogens is 1. The monoisotopic (exact) mass is 413 g/mol. The van der Waals surface area contributed by atoms with Crippen molar-refractivity contribution < 1.29 is 18.8 Å². The molecule has 9 heteroatoms. The zero-order valence-corrected chi connectivity index (χ0v) is 16.7. The predicted octanol–water partition coefficient (Wildman–Crippen LogP) is 2.00. The van der Waals surface area contributed by atoms with Crippen LogP contribution in [0.3, 0.4) is 0 Å². The van der Waals surface area contributed by atoms with Crippen LogP contribution in [0.25, 0.3) is 0 Å². The number of H-pyrrole nitrogens is 1. The SMILES string of the molecule is CNC(=O)c1[nH]cnc1C(=O)N[C@H]1CC[C@@]2(CCN(c3ccc(F)cc3)C2=O)CC1. The molecule has 1 aliphatic heterocycles. The van der Waals surface area contributed by atoms with Crippen molar-refractivity contribution in [1.29, 1.82) is 0 Å². The van der Waals surface area contributed by atoms with Gasteiger partial charge in [-0.25, -0.2) is 9.37 Å². The second kappa shape index (κ2) is 7.89. The van der Waals surface area contributed by atoms with Gasteiger partial charge in [0.05, 0.1) is 11.7 Å². The highest BCUT2D eigenvalue weighted by Gasteiger charge is 2.48. The summed E-state index contributed by atoms with van der Waals surface area (Å²) in [5, 5.41) is 5.41. The van der Waals surface area contributed by atoms with E-state index in [9.17, 15) is 18.8 Å². The first-order valence-electron chi connectivity index (χ1n) is 10.1. The number of aromatic amines is 1. The molecule has 0 bridgehead atoms. The van der Waals surface area contributed by atoms with E-state index in [0.717, 1.165) is 6.42 Å². The van der Waals surface area contributed by atoms with Crippen LogP contribution in [0.5, 0.6) is 0 Å². The molecule has 8 nitrogen and oxygen atoms in total. The van der Waals surface area contributed by atoms with Crippen molar-refractivity contribution in [2.24, 2.45) is 5.41 Å². The average molecular weight is 413 g/mol. The number of rotatable bonds is 4. The van der Waals surface area contributed by atoms with Crippen LogP contribution in [0.2, 0.25) is 0 Å². The molecule has 2 fully saturated rings. The van der Waals surface area contributed by atoms with E-state index >= 15 is 0 Å². The minimum absolute atomic E-state index is 0.0639. The number of imidazole rings is 1. The van der Waals surface area contributed by atoms with E-state index in [0.29, 0.717) is 37.9 Å². The van der Waals surface area contributed by atoms with Crippen LogP contribution < -0.4 is 15.5 Å². The number of amides is 3. The maximum absolute atomic E-state index is 13.2. The van der Waals surface area contributed by atoms with E-state index < -0.39 is 17.2 Å². The van der Waals surface area contributed by atoms with Crippen molar-refractivity contribution in [3.8, 4) is 0 Å². The lowest BCUT2D eigenvalue weighted by atomic mass is 9.71. The fraction of sp³-hybridized carbons (Fsp3) is 0.429. The molecule has 2 aliphatic rings. The summed E-state index contributed by atoms with van der Waals surface area (Å²) in [5.41, 5.74) is 0.487. The van der Waals surface area contributed by atoms with E-state index in [1.165, 1.54) is 25.5 Å². The van der Waals surface area contributed by atoms with Crippen LogP contribution in [0, 0.1) is 11.2 Å². The van der Waals surface area contributed by atoms with Crippen LogP contribution in [0.1, 0.15) is 53.1 Å². The van der Waals surface area contributed by atoms with Gasteiger partial charge in [0, 0.05) is 25.3 Å². The Morgan fingerprint density at radius 2 is 1.87 bits per heavy atom. The number of aromatic nitrogens is 2. The van der Waals surface area contributed by atoms with Crippen molar-refractivity contribution in [3.63, 3.8) is 0 Å². The topological polar surface area (TPSA) is 107 Å². The lowest BCUT2D eigenvalue weighted by Crippen LogP contribution is -2.44. The van der Waals surface area contributed by atoms with E-state index in [2.05, 4.69) is 20.6 Å². The third-order valence-electron chi connectivity index (χ3n) is 6.24. The summed E-state index contributed by atoms with van der Waals surface area (Å²) in [6.07, 6.45) is 4.78. The van der Waals surface area contributed by atoms with Crippen molar-refractivity contribution >= 4 is 23.4 Å². The molecule has 1 saturated carbocycles. The van der Waals surface area contributed by atoms with Gasteiger partial charge in [-0.1, -0.05) is 0 Å². The maximum atomic E-state index is 13.2. The van der Waals surface area contributed by atoms with E-state index in [1.807, 2.05) is 0 Å². The molecule has 0 atom stereocenters. The van der Waals surface area contributed by atoms with E-state index in [1.54, 1.807) is 17.0 Å². The number of benzene rings is 1. The Morgan fingerprint density at radius 1 is 1.17 bits per heavy atom. The molecule has 1 aliphatic carbocycles. The molecule has 1 aromatic heterocycles. The molecule has 0 radical (unpaired) electrons. The Hall–Kier alpha value is -3.23. The number of carbonyl (C=O) groups excluding carboxylic acids is 3. The van der Waals surface area contributed by atoms with Crippen molar-refractivity contribution in [3.05, 3.63) is 47.8 Å². The number of nitrogens with one attached hydrogen (secondary N) is 3. The number of nitrogens with zero attached hydrogens (tertiary/aromatic N) is 2. The van der Waals surface area contributed by atoms with Crippen molar-refractivity contribution in [1.82, 2.24) is 20.6 Å². The molecule has 30 heavy (non-hydrogen) atoms. The molecule has 2 aromatic rings. The minimum Gasteiger partial charge on any atom is -0.354 e. The van der Waals surface area contributed by atoms with Crippen LogP contribution in [-0.2, 0) is 4.79 Å². The summed E-state index contributed by atoms with van der Waals surface area (Å²) in [7, 11) is 1.49. The number of anilines is 1. The van der Waals surface area contributed by atoms with E-state index in [4.69, 9.17) is 0 Å². The van der Waals surface area contributed by atoms with Crippen LogP contribution in [0.15, 0.2) is 30.6 Å². The third-order valence-corrected chi connectivity index (χ3v) is 6.24. The zero-order valence-electron chi connectivity index (χ0n) is 16.7. The summed E-state index contributed by atoms with van der Waals surface area (Å²) in [4.78, 5) is 45.9. The number of hydrogen-bond donors (Lipinski definition) is 3. The van der Waals surface area contributed by atoms with Gasteiger partial charge in [0.2, 0.25) is 5.91 Å². The fourth-order valence-electron chi connectivity index (χ4n) is 4.48. The largest absolute Gasteiger partial charge is 0.354 e. The molecule has 2 heterocycles. The highest BCUT2D eigenvalue weighted by Crippen LogP contribution is 2.46. The normalized spacial score (nSPS) is 23.6. The first-order valence-corrected chi connectivity index (χ1v) is 10.1. The lowest BCUT2D eigenvalue weighted by molar-refractivity contribution is -0.127. The third kappa shape index (κ3) is 3.55. The second-order valence-electron chi connectivity index (χ2n) is 7.92. The Kier molecular flexibility index (Phi) is 5.27. The quantitative estimate of drug-likeness (QED) is 0.713. The average Bonchev–Trinajstić information content (AvgIpc) is 3.36. The Bertz CT molecular complexity index is 963. The highest BCUT2D eigenvalue weighted by atomic mass is 19.1. The summed E-state index contributed by atoms with van der Waals surface area (Å²) in [6, 6.07) is 5.91. The molecular formula is C21H24FN5O3. The Labute approximate surface area is 173 Å². The summed E-state index contributed by atoms with van der Waals surface area (Å²) in [6.45, 7) is 0.615. The van der Waals surface area contributed by atoms with Gasteiger partial charge in [0.15, 0.2) is 5.69 Å². The number of carbonyl (C=O) groups is 3. The Balaban J connectivity index is 1.38. The van der Waals surface area contributed by atoms with Gasteiger partial charge in [-0.3, -0.25) is 14.4 Å². The first-order chi connectivity index (χ1) is 14.4. The van der Waals surface area contributed by atoms with Gasteiger partial charge in [-0.2, -0.15) is 0 Å². The zero-order chi connectivity index (χ0) is 21.3. The van der Waals surface area contributed by atoms with Crippen LogP contribution in [-0.4, -0.2) is 47.3 Å². The molecule has 1 saturated heterocycles. The highest BCUT2D eigenvalue weighted by molar-refractivity contribution is 6.04. The number of hydrogen-bond acceptors (Lipinski definition) is 4. The van der Waals surface area contributed by atoms with Crippen LogP contribution >= 0.6 is 0 Å². The van der Waals surface area contributed by atoms with Gasteiger partial charge in [0.25, 0.3) is 11.8 Å². The fourth-order valence-corrected chi connectivity index (χ4v) is 4.48. The molecule has 0 unspecified atom stereocenters. The summed E-state index contributed by atoms with van der Waals surface area (Å²) < 4.78 is 13.2. The van der Waals surface area contributed by atoms with Crippen molar-refractivity contribution in [2.45, 2.75) is 38.1 Å². The smallest absolute Gasteiger partial charge is 0.272 e. The lowest BCUT2D eigenvalue weighted by Gasteiger charge is -2.36. The van der Waals surface area contributed by atoms with Gasteiger partial charge >= 0.3 is 0 Å². The molecule has 1 spiro atoms. The molecule has 158 valence electrons. The Morgan fingerprint density at radius 3 is 2.53 bits per heavy atom. The molecule has 1 aromatic carbocycles. The second-order valence-corrected chi connectivity index (χ2v) is 7.92. The van der Waals surface area contributed by atoms with Gasteiger partial charge in [-0.15, -0.1) is 0 Å². The molecule has 4 rings (SSSR count). The first kappa shape index (κ1) is 20.1. The van der Waals surface area contributed by atoms with Crippen LogP contribution in [0.4, 0.5) is 10.1 Å². The molecule has 3 N–H and O–H groups in total. The van der Waals surface area contributed by atoms with E-state index in [-0.39, 0.29) is 29.2 Å². The standard InChI is InChI=1S/C21H24FN5O3/c1-23-18(28)16-17(25-12-24-16)19(29)26-14-6-8-21(9-7-14)10-11-27(20(21)30)15-4-2-13(22)3-5-15/h2-5,12,14H,6-11H2,1H3,(H,23,28)(H,24,25)(H,26,29)/t14-,21-. The van der Waals surface area contributed by atoms with Crippen molar-refractivity contribution in [2.75, 3.05) is 18.5 Å². The molecule has 3 amide bonds. The van der Waals surface area contributed by atoms with Gasteiger partial charge in [-0.05, 0) is 56.4 Å². The van der Waals surface area contributed by atoms with Gasteiger partial charge in [0.1, 0.15) is 11.5 Å². The maximum Gasteiger partial charge on any atom is 0.272 e. The predicted molar refractivity (Wildman–Crippen MR) is 108 cm³/mol. The molecular weight excluding hydrogens is 389 g/mol. The van der Waals surface area contributed by atoms with Gasteiger partial charge < -0.3 is 20.5 Å².